The van der Waals surface area contributed by atoms with E-state index >= 15 is 0 Å². The fourth-order valence-corrected chi connectivity index (χ4v) is 1.97. The molecule has 1 aliphatic rings. The number of allylic oxidation sites excluding steroid dienone is 1. The molecule has 4 heteroatoms. The zero-order valence-electron chi connectivity index (χ0n) is 11.2. The van der Waals surface area contributed by atoms with Gasteiger partial charge in [0, 0.05) is 38.9 Å². The van der Waals surface area contributed by atoms with Crippen molar-refractivity contribution in [3.05, 3.63) is 11.8 Å². The molecule has 0 aliphatic carbocycles. The number of hydrogen-bond acceptors (Lipinski definition) is 4. The highest BCUT2D eigenvalue weighted by atomic mass is 15.3. The molecule has 4 nitrogen and oxygen atoms in total. The first-order valence-electron chi connectivity index (χ1n) is 6.59. The van der Waals surface area contributed by atoms with E-state index in [4.69, 9.17) is 5.73 Å². The Morgan fingerprint density at radius 1 is 1.24 bits per heavy atom. The van der Waals surface area contributed by atoms with Gasteiger partial charge in [-0.1, -0.05) is 6.92 Å². The van der Waals surface area contributed by atoms with Crippen LogP contribution in [0.3, 0.4) is 0 Å². The van der Waals surface area contributed by atoms with Crippen LogP contribution < -0.4 is 5.73 Å². The number of nitrogens with two attached hydrogens (primary N) is 1. The largest absolute Gasteiger partial charge is 0.404 e. The van der Waals surface area contributed by atoms with Crippen molar-refractivity contribution < 1.29 is 0 Å². The zero-order valence-corrected chi connectivity index (χ0v) is 11.2. The predicted molar refractivity (Wildman–Crippen MR) is 74.5 cm³/mol. The van der Waals surface area contributed by atoms with Gasteiger partial charge in [-0.25, -0.2) is 0 Å². The molecule has 0 unspecified atom stereocenters. The van der Waals surface area contributed by atoms with Gasteiger partial charge in [0.1, 0.15) is 0 Å². The highest BCUT2D eigenvalue weighted by molar-refractivity contribution is 5.77. The van der Waals surface area contributed by atoms with Crippen LogP contribution in [0, 0.1) is 0 Å². The molecule has 2 N–H and O–H groups in total. The molecule has 0 aromatic rings. The van der Waals surface area contributed by atoms with Crippen LogP contribution in [0.2, 0.25) is 0 Å². The average molecular weight is 238 g/mol. The van der Waals surface area contributed by atoms with Crippen molar-refractivity contribution in [1.29, 1.82) is 0 Å². The van der Waals surface area contributed by atoms with Crippen molar-refractivity contribution in [3.8, 4) is 0 Å². The number of rotatable bonds is 6. The Morgan fingerprint density at radius 3 is 2.47 bits per heavy atom. The molecule has 0 bridgehead atoms. The maximum Gasteiger partial charge on any atom is 0.0401 e. The summed E-state index contributed by atoms with van der Waals surface area (Å²) in [6, 6.07) is 0. The van der Waals surface area contributed by atoms with Gasteiger partial charge in [0.05, 0.1) is 0 Å². The Labute approximate surface area is 105 Å². The number of aliphatic imine (C=N–C) groups is 1. The number of hydrogen-bond donors (Lipinski definition) is 1. The van der Waals surface area contributed by atoms with Crippen molar-refractivity contribution in [2.75, 3.05) is 45.8 Å². The third-order valence-electron chi connectivity index (χ3n) is 3.23. The monoisotopic (exact) mass is 238 g/mol. The standard InChI is InChI=1S/C13H26N4/c1-3-16-7-9-17(10-8-16)6-4-5-15-12-13(2)11-14/h11-12H,3-10,14H2,1-2H3. The third kappa shape index (κ3) is 5.84. The van der Waals surface area contributed by atoms with Crippen molar-refractivity contribution >= 4 is 6.21 Å². The molecule has 1 saturated heterocycles. The van der Waals surface area contributed by atoms with Gasteiger partial charge in [0.2, 0.25) is 0 Å². The molecule has 0 radical (unpaired) electrons. The van der Waals surface area contributed by atoms with Crippen molar-refractivity contribution in [2.45, 2.75) is 20.3 Å². The van der Waals surface area contributed by atoms with Crippen LogP contribution in [-0.2, 0) is 0 Å². The number of piperazine rings is 1. The molecule has 1 rings (SSSR count). The average Bonchev–Trinajstić information content (AvgIpc) is 2.38. The summed E-state index contributed by atoms with van der Waals surface area (Å²) < 4.78 is 0. The van der Waals surface area contributed by atoms with Crippen molar-refractivity contribution in [3.63, 3.8) is 0 Å². The van der Waals surface area contributed by atoms with Crippen LogP contribution in [0.25, 0.3) is 0 Å². The normalized spacial score (nSPS) is 20.2. The van der Waals surface area contributed by atoms with E-state index in [1.807, 2.05) is 13.1 Å². The van der Waals surface area contributed by atoms with Crippen LogP contribution in [0.1, 0.15) is 20.3 Å². The van der Waals surface area contributed by atoms with Gasteiger partial charge < -0.3 is 15.5 Å². The lowest BCUT2D eigenvalue weighted by atomic mass is 10.3. The van der Waals surface area contributed by atoms with E-state index in [9.17, 15) is 0 Å². The molecule has 0 aromatic carbocycles. The summed E-state index contributed by atoms with van der Waals surface area (Å²) in [5.74, 6) is 0. The Bertz CT molecular complexity index is 252. The van der Waals surface area contributed by atoms with Crippen molar-refractivity contribution in [2.24, 2.45) is 10.7 Å². The second-order valence-corrected chi connectivity index (χ2v) is 4.58. The maximum absolute atomic E-state index is 5.36. The highest BCUT2D eigenvalue weighted by Crippen LogP contribution is 2.01. The van der Waals surface area contributed by atoms with E-state index in [1.165, 1.54) is 39.3 Å². The second kappa shape index (κ2) is 8.25. The molecule has 0 aromatic heterocycles. The molecule has 1 heterocycles. The molecule has 98 valence electrons. The Kier molecular flexibility index (Phi) is 6.89. The van der Waals surface area contributed by atoms with Gasteiger partial charge in [-0.05, 0) is 38.2 Å². The van der Waals surface area contributed by atoms with Gasteiger partial charge in [-0.15, -0.1) is 0 Å². The van der Waals surface area contributed by atoms with Crippen LogP contribution in [0.15, 0.2) is 16.8 Å². The van der Waals surface area contributed by atoms with E-state index in [0.717, 1.165) is 18.5 Å². The van der Waals surface area contributed by atoms with E-state index in [2.05, 4.69) is 21.7 Å². The van der Waals surface area contributed by atoms with Crippen LogP contribution in [-0.4, -0.2) is 61.8 Å². The van der Waals surface area contributed by atoms with Crippen LogP contribution in [0.5, 0.6) is 0 Å². The first-order chi connectivity index (χ1) is 8.26. The first-order valence-corrected chi connectivity index (χ1v) is 6.59. The smallest absolute Gasteiger partial charge is 0.0401 e. The van der Waals surface area contributed by atoms with E-state index in [1.54, 1.807) is 6.20 Å². The van der Waals surface area contributed by atoms with Gasteiger partial charge in [0.15, 0.2) is 0 Å². The van der Waals surface area contributed by atoms with Gasteiger partial charge in [-0.3, -0.25) is 4.99 Å². The fraction of sp³-hybridized carbons (Fsp3) is 0.769. The summed E-state index contributed by atoms with van der Waals surface area (Å²) in [4.78, 5) is 9.39. The van der Waals surface area contributed by atoms with Gasteiger partial charge in [-0.2, -0.15) is 0 Å². The van der Waals surface area contributed by atoms with E-state index in [-0.39, 0.29) is 0 Å². The molecule has 0 amide bonds. The quantitative estimate of drug-likeness (QED) is 0.553. The third-order valence-corrected chi connectivity index (χ3v) is 3.23. The van der Waals surface area contributed by atoms with Crippen molar-refractivity contribution in [1.82, 2.24) is 9.80 Å². The van der Waals surface area contributed by atoms with E-state index < -0.39 is 0 Å². The van der Waals surface area contributed by atoms with E-state index in [0.29, 0.717) is 0 Å². The summed E-state index contributed by atoms with van der Waals surface area (Å²) >= 11 is 0. The molecule has 1 fully saturated rings. The lowest BCUT2D eigenvalue weighted by molar-refractivity contribution is 0.137. The molecule has 0 atom stereocenters. The summed E-state index contributed by atoms with van der Waals surface area (Å²) in [7, 11) is 0. The molecule has 17 heavy (non-hydrogen) atoms. The molecule has 0 saturated carbocycles. The lowest BCUT2D eigenvalue weighted by Gasteiger charge is -2.33. The van der Waals surface area contributed by atoms with Gasteiger partial charge >= 0.3 is 0 Å². The number of nitrogens with zero attached hydrogens (tertiary/aromatic N) is 3. The zero-order chi connectivity index (χ0) is 12.5. The molecular weight excluding hydrogens is 212 g/mol. The second-order valence-electron chi connectivity index (χ2n) is 4.58. The summed E-state index contributed by atoms with van der Waals surface area (Å²) in [6.45, 7) is 12.3. The number of likely N-dealkylation sites (N-methyl/N-ethyl adjacent to an activating group) is 1. The molecule has 1 aliphatic heterocycles. The Hall–Kier alpha value is -0.870. The minimum Gasteiger partial charge on any atom is -0.404 e. The summed E-state index contributed by atoms with van der Waals surface area (Å²) in [5, 5.41) is 0. The Morgan fingerprint density at radius 2 is 1.88 bits per heavy atom. The van der Waals surface area contributed by atoms with Crippen LogP contribution >= 0.6 is 0 Å². The minimum atomic E-state index is 0.902. The van der Waals surface area contributed by atoms with Gasteiger partial charge in [0.25, 0.3) is 0 Å². The topological polar surface area (TPSA) is 44.9 Å². The fourth-order valence-electron chi connectivity index (χ4n) is 1.97. The lowest BCUT2D eigenvalue weighted by Crippen LogP contribution is -2.46. The molecular formula is C13H26N4. The highest BCUT2D eigenvalue weighted by Gasteiger charge is 2.14. The molecule has 0 spiro atoms. The Balaban J connectivity index is 2.06. The SMILES string of the molecule is CCN1CCN(CCCN=CC(C)=CN)CC1. The first kappa shape index (κ1) is 14.2. The minimum absolute atomic E-state index is 0.902. The maximum atomic E-state index is 5.36. The predicted octanol–water partition coefficient (Wildman–Crippen LogP) is 0.947. The van der Waals surface area contributed by atoms with Crippen LogP contribution in [0.4, 0.5) is 0 Å². The summed E-state index contributed by atoms with van der Waals surface area (Å²) in [5.41, 5.74) is 6.39. The summed E-state index contributed by atoms with van der Waals surface area (Å²) in [6.07, 6.45) is 4.59.